The van der Waals surface area contributed by atoms with E-state index in [0.29, 0.717) is 29.0 Å². The normalized spacial score (nSPS) is 25.1. The van der Waals surface area contributed by atoms with Gasteiger partial charge in [-0.2, -0.15) is 5.26 Å². The minimum atomic E-state index is -0.0355. The highest BCUT2D eigenvalue weighted by Crippen LogP contribution is 2.41. The standard InChI is InChI=1S/C15H19ClN4OS/c16-13-12(9-4-2-1-3-5-9)22-15(19-13)20-14(21)10-6-11(7-10)18-8-17/h9-11,18H,1-7H2,(H,19,20,21). The number of nitrogens with one attached hydrogen (secondary N) is 2. The molecule has 0 aliphatic heterocycles. The molecule has 2 aliphatic carbocycles. The third-order valence-corrected chi connectivity index (χ3v) is 6.13. The molecule has 0 spiro atoms. The Balaban J connectivity index is 1.57. The zero-order valence-electron chi connectivity index (χ0n) is 12.3. The van der Waals surface area contributed by atoms with Gasteiger partial charge in [0.05, 0.1) is 0 Å². The summed E-state index contributed by atoms with van der Waals surface area (Å²) in [6.07, 6.45) is 9.45. The van der Waals surface area contributed by atoms with E-state index in [2.05, 4.69) is 15.6 Å². The Kier molecular flexibility index (Phi) is 4.84. The van der Waals surface area contributed by atoms with Gasteiger partial charge in [-0.1, -0.05) is 42.2 Å². The Morgan fingerprint density at radius 1 is 1.32 bits per heavy atom. The molecule has 1 aromatic rings. The van der Waals surface area contributed by atoms with E-state index in [0.717, 1.165) is 4.88 Å². The largest absolute Gasteiger partial charge is 0.321 e. The molecule has 1 heterocycles. The van der Waals surface area contributed by atoms with Crippen LogP contribution in [0.2, 0.25) is 5.15 Å². The van der Waals surface area contributed by atoms with Crippen LogP contribution in [-0.4, -0.2) is 16.9 Å². The summed E-state index contributed by atoms with van der Waals surface area (Å²) >= 11 is 7.77. The number of hydrogen-bond donors (Lipinski definition) is 2. The summed E-state index contributed by atoms with van der Waals surface area (Å²) < 4.78 is 0. The first kappa shape index (κ1) is 15.6. The van der Waals surface area contributed by atoms with E-state index in [1.165, 1.54) is 43.4 Å². The topological polar surface area (TPSA) is 77.8 Å². The molecule has 2 N–H and O–H groups in total. The second-order valence-electron chi connectivity index (χ2n) is 6.12. The highest BCUT2D eigenvalue weighted by Gasteiger charge is 2.35. The number of carbonyl (C=O) groups is 1. The highest BCUT2D eigenvalue weighted by atomic mass is 35.5. The minimum Gasteiger partial charge on any atom is -0.321 e. The molecule has 0 radical (unpaired) electrons. The number of hydrogen-bond acceptors (Lipinski definition) is 5. The van der Waals surface area contributed by atoms with E-state index in [4.69, 9.17) is 16.9 Å². The number of amides is 1. The highest BCUT2D eigenvalue weighted by molar-refractivity contribution is 7.16. The Hall–Kier alpha value is -1.32. The van der Waals surface area contributed by atoms with Crippen molar-refractivity contribution in [3.8, 4) is 6.19 Å². The van der Waals surface area contributed by atoms with Crippen LogP contribution in [-0.2, 0) is 4.79 Å². The molecule has 5 nitrogen and oxygen atoms in total. The molecule has 1 amide bonds. The fourth-order valence-corrected chi connectivity index (χ4v) is 4.67. The molecule has 2 aliphatic rings. The van der Waals surface area contributed by atoms with Crippen molar-refractivity contribution >= 4 is 34.0 Å². The molecule has 2 fully saturated rings. The molecule has 118 valence electrons. The lowest BCUT2D eigenvalue weighted by atomic mass is 9.80. The molecule has 0 bridgehead atoms. The van der Waals surface area contributed by atoms with Gasteiger partial charge < -0.3 is 10.6 Å². The molecule has 7 heteroatoms. The van der Waals surface area contributed by atoms with Gasteiger partial charge in [0.15, 0.2) is 11.3 Å². The first-order valence-corrected chi connectivity index (χ1v) is 8.98. The molecule has 0 aromatic carbocycles. The van der Waals surface area contributed by atoms with E-state index in [1.54, 1.807) is 0 Å². The summed E-state index contributed by atoms with van der Waals surface area (Å²) in [6, 6.07) is 0.137. The van der Waals surface area contributed by atoms with E-state index >= 15 is 0 Å². The molecule has 3 rings (SSSR count). The predicted octanol–water partition coefficient (Wildman–Crippen LogP) is 3.63. The van der Waals surface area contributed by atoms with Crippen LogP contribution in [0.1, 0.15) is 55.7 Å². The van der Waals surface area contributed by atoms with Crippen molar-refractivity contribution in [2.24, 2.45) is 5.92 Å². The average Bonchev–Trinajstić information content (AvgIpc) is 2.83. The first-order valence-electron chi connectivity index (χ1n) is 7.79. The molecule has 0 unspecified atom stereocenters. The van der Waals surface area contributed by atoms with E-state index in [1.807, 2.05) is 6.19 Å². The monoisotopic (exact) mass is 338 g/mol. The van der Waals surface area contributed by atoms with Gasteiger partial charge >= 0.3 is 0 Å². The van der Waals surface area contributed by atoms with Crippen molar-refractivity contribution in [3.63, 3.8) is 0 Å². The van der Waals surface area contributed by atoms with Gasteiger partial charge in [-0.25, -0.2) is 4.98 Å². The number of nitrogens with zero attached hydrogens (tertiary/aromatic N) is 2. The predicted molar refractivity (Wildman–Crippen MR) is 86.8 cm³/mol. The number of carbonyl (C=O) groups excluding carboxylic acids is 1. The van der Waals surface area contributed by atoms with Crippen LogP contribution < -0.4 is 10.6 Å². The van der Waals surface area contributed by atoms with Crippen LogP contribution in [0, 0.1) is 17.4 Å². The summed E-state index contributed by atoms with van der Waals surface area (Å²) in [4.78, 5) is 17.6. The zero-order chi connectivity index (χ0) is 15.5. The lowest BCUT2D eigenvalue weighted by Gasteiger charge is -2.32. The first-order chi connectivity index (χ1) is 10.7. The number of halogens is 1. The Morgan fingerprint density at radius 2 is 2.05 bits per heavy atom. The third-order valence-electron chi connectivity index (χ3n) is 4.59. The molecule has 0 atom stereocenters. The number of aromatic nitrogens is 1. The van der Waals surface area contributed by atoms with Gasteiger partial charge in [-0.3, -0.25) is 4.79 Å². The zero-order valence-corrected chi connectivity index (χ0v) is 13.8. The maximum absolute atomic E-state index is 12.1. The molecule has 22 heavy (non-hydrogen) atoms. The van der Waals surface area contributed by atoms with Crippen LogP contribution in [0.25, 0.3) is 0 Å². The van der Waals surface area contributed by atoms with Gasteiger partial charge in [0.25, 0.3) is 0 Å². The second kappa shape index (κ2) is 6.84. The fourth-order valence-electron chi connectivity index (χ4n) is 3.23. The van der Waals surface area contributed by atoms with E-state index < -0.39 is 0 Å². The quantitative estimate of drug-likeness (QED) is 0.649. The van der Waals surface area contributed by atoms with Crippen LogP contribution in [0.4, 0.5) is 5.13 Å². The van der Waals surface area contributed by atoms with Gasteiger partial charge in [0, 0.05) is 16.8 Å². The van der Waals surface area contributed by atoms with E-state index in [-0.39, 0.29) is 17.9 Å². The fraction of sp³-hybridized carbons (Fsp3) is 0.667. The van der Waals surface area contributed by atoms with Crippen molar-refractivity contribution < 1.29 is 4.79 Å². The molecule has 1 aromatic heterocycles. The Labute approximate surface area is 139 Å². The van der Waals surface area contributed by atoms with Crippen molar-refractivity contribution in [2.75, 3.05) is 5.32 Å². The molecular formula is C15H19ClN4OS. The lowest BCUT2D eigenvalue weighted by molar-refractivity contribution is -0.122. The summed E-state index contributed by atoms with van der Waals surface area (Å²) in [5, 5.41) is 15.2. The number of anilines is 1. The molecule has 0 saturated heterocycles. The second-order valence-corrected chi connectivity index (χ2v) is 7.51. The van der Waals surface area contributed by atoms with Crippen LogP contribution in [0.3, 0.4) is 0 Å². The third kappa shape index (κ3) is 3.36. The molecular weight excluding hydrogens is 320 g/mol. The van der Waals surface area contributed by atoms with Gasteiger partial charge in [-0.05, 0) is 31.6 Å². The summed E-state index contributed by atoms with van der Waals surface area (Å²) in [5.74, 6) is 0.445. The summed E-state index contributed by atoms with van der Waals surface area (Å²) in [6.45, 7) is 0. The number of thiazole rings is 1. The van der Waals surface area contributed by atoms with Crippen molar-refractivity contribution in [2.45, 2.75) is 56.9 Å². The van der Waals surface area contributed by atoms with Crippen molar-refractivity contribution in [1.29, 1.82) is 5.26 Å². The smallest absolute Gasteiger partial charge is 0.229 e. The van der Waals surface area contributed by atoms with Gasteiger partial charge in [0.2, 0.25) is 5.91 Å². The van der Waals surface area contributed by atoms with E-state index in [9.17, 15) is 4.79 Å². The maximum Gasteiger partial charge on any atom is 0.229 e. The van der Waals surface area contributed by atoms with Gasteiger partial charge in [-0.15, -0.1) is 0 Å². The Morgan fingerprint density at radius 3 is 2.73 bits per heavy atom. The van der Waals surface area contributed by atoms with Crippen molar-refractivity contribution in [3.05, 3.63) is 10.0 Å². The average molecular weight is 339 g/mol. The van der Waals surface area contributed by atoms with Gasteiger partial charge in [0.1, 0.15) is 5.15 Å². The van der Waals surface area contributed by atoms with Crippen molar-refractivity contribution in [1.82, 2.24) is 10.3 Å². The SMILES string of the molecule is N#CNC1CC(C(=O)Nc2nc(Cl)c(C3CCCCC3)s2)C1. The lowest BCUT2D eigenvalue weighted by Crippen LogP contribution is -2.44. The van der Waals surface area contributed by atoms with Crippen LogP contribution in [0.5, 0.6) is 0 Å². The van der Waals surface area contributed by atoms with Crippen LogP contribution >= 0.6 is 22.9 Å². The number of rotatable bonds is 4. The Bertz CT molecular complexity index is 585. The minimum absolute atomic E-state index is 0.0170. The maximum atomic E-state index is 12.1. The number of nitriles is 1. The summed E-state index contributed by atoms with van der Waals surface area (Å²) in [5.41, 5.74) is 0. The molecule has 2 saturated carbocycles. The van der Waals surface area contributed by atoms with Crippen LogP contribution in [0.15, 0.2) is 0 Å². The summed E-state index contributed by atoms with van der Waals surface area (Å²) in [7, 11) is 0.